The van der Waals surface area contributed by atoms with Gasteiger partial charge >= 0.3 is 10.2 Å². The van der Waals surface area contributed by atoms with Gasteiger partial charge in [0.15, 0.2) is 5.82 Å². The summed E-state index contributed by atoms with van der Waals surface area (Å²) < 4.78 is 55.0. The van der Waals surface area contributed by atoms with Gasteiger partial charge in [-0.05, 0) is 37.2 Å². The van der Waals surface area contributed by atoms with E-state index in [4.69, 9.17) is 5.73 Å². The maximum absolute atomic E-state index is 14.1. The highest BCUT2D eigenvalue weighted by molar-refractivity contribution is 7.95. The first-order valence-corrected chi connectivity index (χ1v) is 8.43. The summed E-state index contributed by atoms with van der Waals surface area (Å²) in [6, 6.07) is 9.40. The fourth-order valence-electron chi connectivity index (χ4n) is 2.56. The number of hydrogen-bond donors (Lipinski definition) is 1. The second-order valence-corrected chi connectivity index (χ2v) is 6.77. The molecular weight excluding hydrogens is 324 g/mol. The van der Waals surface area contributed by atoms with Crippen molar-refractivity contribution in [1.29, 1.82) is 0 Å². The summed E-state index contributed by atoms with van der Waals surface area (Å²) in [5.74, 6) is -1.71. The molecule has 23 heavy (non-hydrogen) atoms. The van der Waals surface area contributed by atoms with E-state index in [2.05, 4.69) is 0 Å². The first-order valence-electron chi connectivity index (χ1n) is 7.04. The van der Waals surface area contributed by atoms with E-state index in [9.17, 15) is 17.2 Å². The molecule has 0 saturated heterocycles. The Morgan fingerprint density at radius 2 is 1.70 bits per heavy atom. The van der Waals surface area contributed by atoms with Crippen LogP contribution in [0.1, 0.15) is 6.42 Å². The van der Waals surface area contributed by atoms with Crippen LogP contribution in [-0.4, -0.2) is 21.5 Å². The van der Waals surface area contributed by atoms with Gasteiger partial charge < -0.3 is 5.73 Å². The second kappa shape index (κ2) is 5.78. The number of para-hydroxylation sites is 2. The van der Waals surface area contributed by atoms with Gasteiger partial charge in [0.1, 0.15) is 5.82 Å². The van der Waals surface area contributed by atoms with Gasteiger partial charge in [-0.25, -0.2) is 13.1 Å². The highest BCUT2D eigenvalue weighted by Gasteiger charge is 2.41. The van der Waals surface area contributed by atoms with Crippen molar-refractivity contribution in [1.82, 2.24) is 0 Å². The zero-order valence-corrected chi connectivity index (χ0v) is 12.9. The molecule has 3 rings (SSSR count). The predicted octanol–water partition coefficient (Wildman–Crippen LogP) is 2.52. The van der Waals surface area contributed by atoms with Crippen molar-refractivity contribution in [3.8, 4) is 0 Å². The van der Waals surface area contributed by atoms with Crippen LogP contribution in [0.3, 0.4) is 0 Å². The van der Waals surface area contributed by atoms with Crippen molar-refractivity contribution in [2.75, 3.05) is 21.7 Å². The molecule has 0 saturated carbocycles. The van der Waals surface area contributed by atoms with Gasteiger partial charge in [0.2, 0.25) is 0 Å². The van der Waals surface area contributed by atoms with Gasteiger partial charge in [0, 0.05) is 12.6 Å². The van der Waals surface area contributed by atoms with E-state index in [-0.39, 0.29) is 12.2 Å². The Bertz CT molecular complexity index is 842. The highest BCUT2D eigenvalue weighted by atomic mass is 32.2. The number of hydrogen-bond acceptors (Lipinski definition) is 3. The summed E-state index contributed by atoms with van der Waals surface area (Å²) >= 11 is 0. The number of benzene rings is 2. The molecule has 0 aromatic heterocycles. The Hall–Kier alpha value is -2.19. The molecule has 2 aromatic rings. The molecule has 1 aliphatic rings. The third-order valence-corrected chi connectivity index (χ3v) is 5.36. The molecule has 0 radical (unpaired) electrons. The molecular formula is C15H15F2N3O2S. The van der Waals surface area contributed by atoms with Gasteiger partial charge in [0.05, 0.1) is 17.1 Å². The van der Waals surface area contributed by atoms with E-state index < -0.39 is 21.8 Å². The van der Waals surface area contributed by atoms with Crippen LogP contribution in [-0.2, 0) is 10.2 Å². The number of nitrogens with two attached hydrogens (primary N) is 1. The van der Waals surface area contributed by atoms with Crippen LogP contribution in [0.4, 0.5) is 25.8 Å². The van der Waals surface area contributed by atoms with Crippen LogP contribution in [0, 0.1) is 11.6 Å². The van der Waals surface area contributed by atoms with Crippen LogP contribution in [0.15, 0.2) is 42.5 Å². The minimum absolute atomic E-state index is 0.190. The van der Waals surface area contributed by atoms with E-state index in [1.807, 2.05) is 0 Å². The lowest BCUT2D eigenvalue weighted by molar-refractivity contribution is 0.578. The smallest absolute Gasteiger partial charge is 0.330 e. The molecule has 2 N–H and O–H groups in total. The third-order valence-electron chi connectivity index (χ3n) is 3.57. The molecule has 1 aliphatic heterocycles. The maximum Gasteiger partial charge on any atom is 0.331 e. The van der Waals surface area contributed by atoms with Gasteiger partial charge in [-0.3, -0.25) is 4.31 Å². The van der Waals surface area contributed by atoms with E-state index in [1.54, 1.807) is 24.3 Å². The zero-order valence-electron chi connectivity index (χ0n) is 12.1. The summed E-state index contributed by atoms with van der Waals surface area (Å²) in [5.41, 5.74) is 6.03. The Balaban J connectivity index is 2.17. The topological polar surface area (TPSA) is 66.6 Å². The van der Waals surface area contributed by atoms with Gasteiger partial charge in [-0.15, -0.1) is 0 Å². The minimum atomic E-state index is -4.00. The Kier molecular flexibility index (Phi) is 3.95. The standard InChI is InChI=1S/C15H15F2N3O2S/c16-11-6-7-13(12(17)10-11)20-15-5-2-1-4-14(15)19(9-3-8-18)23(20,21)22/h1-2,4-7,10H,3,8-9,18H2. The number of halogens is 2. The molecule has 5 nitrogen and oxygen atoms in total. The lowest BCUT2D eigenvalue weighted by Gasteiger charge is -2.22. The monoisotopic (exact) mass is 339 g/mol. The van der Waals surface area contributed by atoms with Crippen molar-refractivity contribution in [2.24, 2.45) is 5.73 Å². The van der Waals surface area contributed by atoms with Crippen LogP contribution in [0.25, 0.3) is 0 Å². The van der Waals surface area contributed by atoms with Gasteiger partial charge in [0.25, 0.3) is 0 Å². The molecule has 0 fully saturated rings. The summed E-state index contributed by atoms with van der Waals surface area (Å²) in [4.78, 5) is 0. The largest absolute Gasteiger partial charge is 0.331 e. The Labute approximate surface area is 133 Å². The van der Waals surface area contributed by atoms with E-state index in [1.165, 1.54) is 4.31 Å². The molecule has 2 aromatic carbocycles. The Morgan fingerprint density at radius 1 is 1.00 bits per heavy atom. The molecule has 0 unspecified atom stereocenters. The minimum Gasteiger partial charge on any atom is -0.330 e. The summed E-state index contributed by atoms with van der Waals surface area (Å²) in [7, 11) is -4.00. The lowest BCUT2D eigenvalue weighted by atomic mass is 10.2. The van der Waals surface area contributed by atoms with Gasteiger partial charge in [-0.2, -0.15) is 8.42 Å². The number of anilines is 3. The van der Waals surface area contributed by atoms with Crippen molar-refractivity contribution in [3.63, 3.8) is 0 Å². The van der Waals surface area contributed by atoms with Crippen LogP contribution >= 0.6 is 0 Å². The van der Waals surface area contributed by atoms with Crippen molar-refractivity contribution in [3.05, 3.63) is 54.1 Å². The fraction of sp³-hybridized carbons (Fsp3) is 0.200. The molecule has 0 aliphatic carbocycles. The van der Waals surface area contributed by atoms with Crippen LogP contribution < -0.4 is 14.3 Å². The van der Waals surface area contributed by atoms with E-state index in [0.29, 0.717) is 30.4 Å². The van der Waals surface area contributed by atoms with E-state index >= 15 is 0 Å². The maximum atomic E-state index is 14.1. The number of rotatable bonds is 4. The summed E-state index contributed by atoms with van der Waals surface area (Å²) in [6.45, 7) is 0.522. The van der Waals surface area contributed by atoms with Crippen LogP contribution in [0.5, 0.6) is 0 Å². The first kappa shape index (κ1) is 15.7. The highest BCUT2D eigenvalue weighted by Crippen LogP contribution is 2.45. The SMILES string of the molecule is NCCCN1c2ccccc2N(c2ccc(F)cc2F)S1(=O)=O. The zero-order chi connectivity index (χ0) is 16.6. The number of nitrogens with zero attached hydrogens (tertiary/aromatic N) is 2. The quantitative estimate of drug-likeness (QED) is 0.931. The molecule has 122 valence electrons. The Morgan fingerprint density at radius 3 is 2.35 bits per heavy atom. The second-order valence-electron chi connectivity index (χ2n) is 5.07. The number of fused-ring (bicyclic) bond motifs is 1. The normalized spacial score (nSPS) is 15.8. The average molecular weight is 339 g/mol. The first-order chi connectivity index (χ1) is 11.0. The lowest BCUT2D eigenvalue weighted by Crippen LogP contribution is -2.36. The van der Waals surface area contributed by atoms with Crippen molar-refractivity contribution >= 4 is 27.3 Å². The van der Waals surface area contributed by atoms with Crippen molar-refractivity contribution < 1.29 is 17.2 Å². The van der Waals surface area contributed by atoms with Gasteiger partial charge in [-0.1, -0.05) is 12.1 Å². The van der Waals surface area contributed by atoms with Crippen molar-refractivity contribution in [2.45, 2.75) is 6.42 Å². The predicted molar refractivity (Wildman–Crippen MR) is 84.9 cm³/mol. The molecule has 8 heteroatoms. The summed E-state index contributed by atoms with van der Waals surface area (Å²) in [5, 5.41) is 0. The van der Waals surface area contributed by atoms with E-state index in [0.717, 1.165) is 16.4 Å². The summed E-state index contributed by atoms with van der Waals surface area (Å²) in [6.07, 6.45) is 0.466. The molecule has 0 atom stereocenters. The molecule has 0 amide bonds. The fourth-order valence-corrected chi connectivity index (χ4v) is 4.32. The third kappa shape index (κ3) is 2.53. The molecule has 0 bridgehead atoms. The average Bonchev–Trinajstić information content (AvgIpc) is 2.72. The molecule has 1 heterocycles. The van der Waals surface area contributed by atoms with Crippen LogP contribution in [0.2, 0.25) is 0 Å². The molecule has 0 spiro atoms.